The van der Waals surface area contributed by atoms with Crippen LogP contribution in [0.1, 0.15) is 45.3 Å². The van der Waals surface area contributed by atoms with Crippen LogP contribution in [0.4, 0.5) is 0 Å². The van der Waals surface area contributed by atoms with Gasteiger partial charge in [-0.05, 0) is 57.5 Å². The smallest absolute Gasteiger partial charge is 0.190 e. The summed E-state index contributed by atoms with van der Waals surface area (Å²) in [6.07, 6.45) is 6.17. The number of aliphatic imine (C=N–C) groups is 1. The molecular weight excluding hydrogens is 443 g/mol. The van der Waals surface area contributed by atoms with E-state index < -0.39 is 0 Å². The van der Waals surface area contributed by atoms with E-state index in [0.717, 1.165) is 44.2 Å². The molecule has 0 saturated heterocycles. The molecule has 1 heterocycles. The summed E-state index contributed by atoms with van der Waals surface area (Å²) in [6, 6.07) is 3.80. The molecule has 0 spiro atoms. The molecule has 0 amide bonds. The van der Waals surface area contributed by atoms with Crippen LogP contribution >= 0.6 is 24.0 Å². The van der Waals surface area contributed by atoms with Gasteiger partial charge in [0.2, 0.25) is 0 Å². The molecule has 0 saturated carbocycles. The number of hydrogen-bond donors (Lipinski definition) is 2. The molecule has 0 bridgehead atoms. The first-order chi connectivity index (χ1) is 12.3. The normalized spacial score (nSPS) is 11.5. The maximum atomic E-state index is 5.56. The van der Waals surface area contributed by atoms with Gasteiger partial charge < -0.3 is 24.7 Å². The average Bonchev–Trinajstić information content (AvgIpc) is 3.13. The lowest BCUT2D eigenvalue weighted by molar-refractivity contribution is 0.105. The first kappa shape index (κ1) is 25.2. The Morgan fingerprint density at radius 2 is 1.81 bits per heavy atom. The molecule has 0 aliphatic rings. The molecule has 152 valence electrons. The van der Waals surface area contributed by atoms with Gasteiger partial charge in [-0.2, -0.15) is 0 Å². The summed E-state index contributed by atoms with van der Waals surface area (Å²) in [7, 11) is 1.81. The Morgan fingerprint density at radius 3 is 2.38 bits per heavy atom. The highest BCUT2D eigenvalue weighted by molar-refractivity contribution is 14.0. The molecule has 0 aromatic carbocycles. The van der Waals surface area contributed by atoms with E-state index in [-0.39, 0.29) is 24.0 Å². The largest absolute Gasteiger partial charge is 0.467 e. The van der Waals surface area contributed by atoms with Crippen molar-refractivity contribution in [1.29, 1.82) is 0 Å². The van der Waals surface area contributed by atoms with Crippen LogP contribution in [-0.4, -0.2) is 57.2 Å². The van der Waals surface area contributed by atoms with Crippen molar-refractivity contribution < 1.29 is 9.15 Å². The lowest BCUT2D eigenvalue weighted by Crippen LogP contribution is -2.39. The second-order valence-corrected chi connectivity index (χ2v) is 6.11. The fourth-order valence-electron chi connectivity index (χ4n) is 2.65. The summed E-state index contributed by atoms with van der Waals surface area (Å²) in [5.41, 5.74) is 0. The molecular formula is C19H37IN4O2. The van der Waals surface area contributed by atoms with Crippen molar-refractivity contribution in [2.24, 2.45) is 4.99 Å². The molecule has 0 radical (unpaired) electrons. The van der Waals surface area contributed by atoms with Crippen LogP contribution in [-0.2, 0) is 11.3 Å². The van der Waals surface area contributed by atoms with Crippen LogP contribution < -0.4 is 10.6 Å². The Kier molecular flexibility index (Phi) is 17.1. The maximum absolute atomic E-state index is 5.56. The molecule has 0 atom stereocenters. The van der Waals surface area contributed by atoms with Crippen LogP contribution in [0.5, 0.6) is 0 Å². The zero-order valence-electron chi connectivity index (χ0n) is 16.6. The third-order valence-electron chi connectivity index (χ3n) is 3.83. The average molecular weight is 480 g/mol. The second kappa shape index (κ2) is 17.6. The molecule has 1 aromatic rings. The Hall–Kier alpha value is -0.800. The summed E-state index contributed by atoms with van der Waals surface area (Å²) in [6.45, 7) is 11.0. The van der Waals surface area contributed by atoms with E-state index in [9.17, 15) is 0 Å². The highest BCUT2D eigenvalue weighted by Gasteiger charge is 2.02. The molecule has 0 aliphatic heterocycles. The first-order valence-corrected chi connectivity index (χ1v) is 9.57. The summed E-state index contributed by atoms with van der Waals surface area (Å²) in [5, 5.41) is 6.70. The third kappa shape index (κ3) is 12.5. The van der Waals surface area contributed by atoms with Crippen LogP contribution in [0.15, 0.2) is 27.8 Å². The highest BCUT2D eigenvalue weighted by Crippen LogP contribution is 2.01. The zero-order chi connectivity index (χ0) is 18.2. The van der Waals surface area contributed by atoms with E-state index in [2.05, 4.69) is 34.4 Å². The van der Waals surface area contributed by atoms with E-state index in [0.29, 0.717) is 13.2 Å². The molecule has 0 aliphatic carbocycles. The second-order valence-electron chi connectivity index (χ2n) is 6.11. The zero-order valence-corrected chi connectivity index (χ0v) is 19.0. The Balaban J connectivity index is 0.00000625. The number of hydrogen-bond acceptors (Lipinski definition) is 4. The highest BCUT2D eigenvalue weighted by atomic mass is 127. The van der Waals surface area contributed by atoms with E-state index in [1.165, 1.54) is 25.9 Å². The molecule has 0 fully saturated rings. The fourth-order valence-corrected chi connectivity index (χ4v) is 2.65. The van der Waals surface area contributed by atoms with Gasteiger partial charge in [0, 0.05) is 26.7 Å². The van der Waals surface area contributed by atoms with Gasteiger partial charge in [0.1, 0.15) is 12.4 Å². The Bertz CT molecular complexity index is 435. The molecule has 1 aromatic heterocycles. The van der Waals surface area contributed by atoms with Gasteiger partial charge in [-0.15, -0.1) is 24.0 Å². The van der Waals surface area contributed by atoms with Crippen molar-refractivity contribution >= 4 is 29.9 Å². The molecule has 0 unspecified atom stereocenters. The van der Waals surface area contributed by atoms with Gasteiger partial charge in [-0.25, -0.2) is 0 Å². The van der Waals surface area contributed by atoms with Crippen molar-refractivity contribution in [3.05, 3.63) is 24.2 Å². The van der Waals surface area contributed by atoms with Crippen LogP contribution in [0, 0.1) is 0 Å². The topological polar surface area (TPSA) is 62.0 Å². The standard InChI is InChI=1S/C19H36N4O2.HI/c1-4-12-23(13-5-2)14-7-10-21-19(20-3)22-11-8-15-24-17-18-9-6-16-25-18;/h6,9,16H,4-5,7-8,10-15,17H2,1-3H3,(H2,20,21,22);1H. The van der Waals surface area contributed by atoms with Crippen molar-refractivity contribution in [3.63, 3.8) is 0 Å². The maximum Gasteiger partial charge on any atom is 0.190 e. The van der Waals surface area contributed by atoms with Crippen LogP contribution in [0.3, 0.4) is 0 Å². The minimum Gasteiger partial charge on any atom is -0.467 e. The number of guanidine groups is 1. The van der Waals surface area contributed by atoms with Gasteiger partial charge in [0.05, 0.1) is 6.26 Å². The minimum atomic E-state index is 0. The van der Waals surface area contributed by atoms with E-state index in [4.69, 9.17) is 9.15 Å². The number of ether oxygens (including phenoxy) is 1. The number of furan rings is 1. The first-order valence-electron chi connectivity index (χ1n) is 9.57. The van der Waals surface area contributed by atoms with Gasteiger partial charge in [-0.3, -0.25) is 4.99 Å². The summed E-state index contributed by atoms with van der Waals surface area (Å²) < 4.78 is 10.8. The van der Waals surface area contributed by atoms with Gasteiger partial charge in [0.25, 0.3) is 0 Å². The van der Waals surface area contributed by atoms with E-state index in [1.54, 1.807) is 6.26 Å². The number of nitrogens with zero attached hydrogens (tertiary/aromatic N) is 2. The molecule has 6 nitrogen and oxygen atoms in total. The SMILES string of the molecule is CCCN(CCC)CCCNC(=NC)NCCCOCc1ccco1.I. The predicted octanol–water partition coefficient (Wildman–Crippen LogP) is 3.48. The van der Waals surface area contributed by atoms with Crippen molar-refractivity contribution in [2.75, 3.05) is 46.4 Å². The lowest BCUT2D eigenvalue weighted by Gasteiger charge is -2.21. The third-order valence-corrected chi connectivity index (χ3v) is 3.83. The van der Waals surface area contributed by atoms with Crippen LogP contribution in [0.2, 0.25) is 0 Å². The molecule has 7 heteroatoms. The predicted molar refractivity (Wildman–Crippen MR) is 119 cm³/mol. The van der Waals surface area contributed by atoms with E-state index in [1.807, 2.05) is 19.2 Å². The summed E-state index contributed by atoms with van der Waals surface area (Å²) in [4.78, 5) is 6.80. The quantitative estimate of drug-likeness (QED) is 0.185. The number of nitrogens with one attached hydrogen (secondary N) is 2. The van der Waals surface area contributed by atoms with Gasteiger partial charge in [0.15, 0.2) is 5.96 Å². The summed E-state index contributed by atoms with van der Waals surface area (Å²) in [5.74, 6) is 1.73. The van der Waals surface area contributed by atoms with Crippen molar-refractivity contribution in [3.8, 4) is 0 Å². The summed E-state index contributed by atoms with van der Waals surface area (Å²) >= 11 is 0. The Morgan fingerprint density at radius 1 is 1.12 bits per heavy atom. The molecule has 26 heavy (non-hydrogen) atoms. The number of halogens is 1. The van der Waals surface area contributed by atoms with Crippen LogP contribution in [0.25, 0.3) is 0 Å². The monoisotopic (exact) mass is 480 g/mol. The van der Waals surface area contributed by atoms with Gasteiger partial charge in [-0.1, -0.05) is 13.8 Å². The van der Waals surface area contributed by atoms with Crippen molar-refractivity contribution in [2.45, 2.75) is 46.1 Å². The van der Waals surface area contributed by atoms with Gasteiger partial charge >= 0.3 is 0 Å². The molecule has 1 rings (SSSR count). The van der Waals surface area contributed by atoms with Crippen molar-refractivity contribution in [1.82, 2.24) is 15.5 Å². The lowest BCUT2D eigenvalue weighted by atomic mass is 10.3. The molecule has 2 N–H and O–H groups in total. The Labute approximate surface area is 176 Å². The number of rotatable bonds is 14. The fraction of sp³-hybridized carbons (Fsp3) is 0.737. The van der Waals surface area contributed by atoms with E-state index >= 15 is 0 Å². The minimum absolute atomic E-state index is 0.